The first-order valence-corrected chi connectivity index (χ1v) is 7.13. The van der Waals surface area contributed by atoms with E-state index in [1.807, 2.05) is 7.05 Å². The standard InChI is InChI=1S/C13H26N6.HI/c1-4-6-7-8-9-15-13(14-5-2)16-10-12-17-11-18-19(12)3;/h11H,4-10H2,1-3H3,(H2,14,15,16);1H. The Kier molecular flexibility index (Phi) is 11.4. The maximum absolute atomic E-state index is 4.51. The predicted octanol–water partition coefficient (Wildman–Crippen LogP) is 2.07. The van der Waals surface area contributed by atoms with Gasteiger partial charge < -0.3 is 10.6 Å². The minimum atomic E-state index is 0. The molecule has 0 radical (unpaired) electrons. The molecular formula is C13H27IN6. The van der Waals surface area contributed by atoms with Crippen LogP contribution in [0.3, 0.4) is 0 Å². The molecule has 0 unspecified atom stereocenters. The molecular weight excluding hydrogens is 367 g/mol. The van der Waals surface area contributed by atoms with E-state index in [9.17, 15) is 0 Å². The maximum Gasteiger partial charge on any atom is 0.191 e. The lowest BCUT2D eigenvalue weighted by molar-refractivity contribution is 0.645. The lowest BCUT2D eigenvalue weighted by Crippen LogP contribution is -2.37. The van der Waals surface area contributed by atoms with Crippen LogP contribution in [0.5, 0.6) is 0 Å². The van der Waals surface area contributed by atoms with Crippen molar-refractivity contribution in [1.29, 1.82) is 0 Å². The van der Waals surface area contributed by atoms with Crippen molar-refractivity contribution in [1.82, 2.24) is 25.4 Å². The van der Waals surface area contributed by atoms with Crippen molar-refractivity contribution < 1.29 is 0 Å². The Labute approximate surface area is 138 Å². The van der Waals surface area contributed by atoms with Gasteiger partial charge in [0.05, 0.1) is 0 Å². The lowest BCUT2D eigenvalue weighted by atomic mass is 10.2. The Morgan fingerprint density at radius 2 is 2.05 bits per heavy atom. The fourth-order valence-electron chi connectivity index (χ4n) is 1.71. The van der Waals surface area contributed by atoms with Gasteiger partial charge in [-0.3, -0.25) is 4.68 Å². The number of guanidine groups is 1. The highest BCUT2D eigenvalue weighted by molar-refractivity contribution is 14.0. The largest absolute Gasteiger partial charge is 0.357 e. The third kappa shape index (κ3) is 7.66. The van der Waals surface area contributed by atoms with E-state index in [0.717, 1.165) is 24.9 Å². The molecule has 7 heteroatoms. The zero-order valence-corrected chi connectivity index (χ0v) is 15.1. The average molecular weight is 394 g/mol. The van der Waals surface area contributed by atoms with Crippen LogP contribution in [-0.2, 0) is 13.6 Å². The van der Waals surface area contributed by atoms with E-state index in [-0.39, 0.29) is 24.0 Å². The molecule has 0 saturated heterocycles. The fraction of sp³-hybridized carbons (Fsp3) is 0.769. The zero-order valence-electron chi connectivity index (χ0n) is 12.7. The highest BCUT2D eigenvalue weighted by Gasteiger charge is 2.01. The van der Waals surface area contributed by atoms with Crippen LogP contribution < -0.4 is 10.6 Å². The third-order valence-corrected chi connectivity index (χ3v) is 2.85. The van der Waals surface area contributed by atoms with Crippen LogP contribution in [0.25, 0.3) is 0 Å². The molecule has 0 fully saturated rings. The van der Waals surface area contributed by atoms with E-state index >= 15 is 0 Å². The summed E-state index contributed by atoms with van der Waals surface area (Å²) in [5.41, 5.74) is 0. The van der Waals surface area contributed by atoms with Crippen molar-refractivity contribution in [2.24, 2.45) is 12.0 Å². The van der Waals surface area contributed by atoms with Crippen LogP contribution >= 0.6 is 24.0 Å². The molecule has 0 aliphatic carbocycles. The van der Waals surface area contributed by atoms with Gasteiger partial charge in [-0.05, 0) is 13.3 Å². The summed E-state index contributed by atoms with van der Waals surface area (Å²) in [5.74, 6) is 1.71. The van der Waals surface area contributed by atoms with Crippen LogP contribution in [-0.4, -0.2) is 33.8 Å². The van der Waals surface area contributed by atoms with Gasteiger partial charge in [0, 0.05) is 20.1 Å². The summed E-state index contributed by atoms with van der Waals surface area (Å²) in [5, 5.41) is 10.6. The molecule has 1 aromatic heterocycles. The van der Waals surface area contributed by atoms with Gasteiger partial charge in [-0.1, -0.05) is 26.2 Å². The number of nitrogens with one attached hydrogen (secondary N) is 2. The number of halogens is 1. The minimum Gasteiger partial charge on any atom is -0.357 e. The lowest BCUT2D eigenvalue weighted by Gasteiger charge is -2.10. The smallest absolute Gasteiger partial charge is 0.191 e. The van der Waals surface area contributed by atoms with Crippen molar-refractivity contribution in [2.75, 3.05) is 13.1 Å². The molecule has 1 aromatic rings. The van der Waals surface area contributed by atoms with Crippen molar-refractivity contribution in [3.63, 3.8) is 0 Å². The van der Waals surface area contributed by atoms with Gasteiger partial charge in [-0.2, -0.15) is 5.10 Å². The maximum atomic E-state index is 4.51. The van der Waals surface area contributed by atoms with Gasteiger partial charge in [-0.15, -0.1) is 24.0 Å². The number of aromatic nitrogens is 3. The molecule has 0 spiro atoms. The summed E-state index contributed by atoms with van der Waals surface area (Å²) >= 11 is 0. The normalized spacial score (nSPS) is 11.1. The molecule has 2 N–H and O–H groups in total. The second-order valence-corrected chi connectivity index (χ2v) is 4.48. The van der Waals surface area contributed by atoms with E-state index in [1.54, 1.807) is 11.0 Å². The van der Waals surface area contributed by atoms with Crippen LogP contribution in [0.4, 0.5) is 0 Å². The van der Waals surface area contributed by atoms with Crippen molar-refractivity contribution >= 4 is 29.9 Å². The molecule has 0 amide bonds. The van der Waals surface area contributed by atoms with Crippen LogP contribution in [0.2, 0.25) is 0 Å². The van der Waals surface area contributed by atoms with E-state index < -0.39 is 0 Å². The number of nitrogens with zero attached hydrogens (tertiary/aromatic N) is 4. The Morgan fingerprint density at radius 3 is 2.65 bits per heavy atom. The van der Waals surface area contributed by atoms with Crippen LogP contribution in [0.15, 0.2) is 11.3 Å². The summed E-state index contributed by atoms with van der Waals surface area (Å²) in [6.45, 7) is 6.65. The van der Waals surface area contributed by atoms with Gasteiger partial charge in [0.1, 0.15) is 18.7 Å². The number of hydrogen-bond acceptors (Lipinski definition) is 3. The summed E-state index contributed by atoms with van der Waals surface area (Å²) in [6.07, 6.45) is 6.57. The monoisotopic (exact) mass is 394 g/mol. The molecule has 1 rings (SSSR count). The molecule has 0 bridgehead atoms. The van der Waals surface area contributed by atoms with Crippen molar-refractivity contribution in [2.45, 2.75) is 46.1 Å². The topological polar surface area (TPSA) is 67.1 Å². The number of aliphatic imine (C=N–C) groups is 1. The second kappa shape index (κ2) is 11.9. The zero-order chi connectivity index (χ0) is 13.9. The average Bonchev–Trinajstić information content (AvgIpc) is 2.81. The number of aryl methyl sites for hydroxylation is 1. The molecule has 0 aliphatic heterocycles. The van der Waals surface area contributed by atoms with E-state index in [1.165, 1.54) is 25.7 Å². The molecule has 116 valence electrons. The van der Waals surface area contributed by atoms with Gasteiger partial charge in [0.2, 0.25) is 0 Å². The number of unbranched alkanes of at least 4 members (excludes halogenated alkanes) is 3. The predicted molar refractivity (Wildman–Crippen MR) is 93.4 cm³/mol. The molecule has 0 aromatic carbocycles. The van der Waals surface area contributed by atoms with E-state index in [4.69, 9.17) is 0 Å². The first kappa shape index (κ1) is 19.1. The Balaban J connectivity index is 0.00000361. The first-order chi connectivity index (χ1) is 9.27. The summed E-state index contributed by atoms with van der Waals surface area (Å²) in [7, 11) is 1.88. The van der Waals surface area contributed by atoms with Crippen molar-refractivity contribution in [3.8, 4) is 0 Å². The Morgan fingerprint density at radius 1 is 1.25 bits per heavy atom. The summed E-state index contributed by atoms with van der Waals surface area (Å²) < 4.78 is 1.74. The number of rotatable bonds is 8. The fourth-order valence-corrected chi connectivity index (χ4v) is 1.71. The minimum absolute atomic E-state index is 0. The molecule has 20 heavy (non-hydrogen) atoms. The highest BCUT2D eigenvalue weighted by Crippen LogP contribution is 1.97. The second-order valence-electron chi connectivity index (χ2n) is 4.48. The highest BCUT2D eigenvalue weighted by atomic mass is 127. The molecule has 0 aliphatic rings. The van der Waals surface area contributed by atoms with Gasteiger partial charge in [0.25, 0.3) is 0 Å². The summed E-state index contributed by atoms with van der Waals surface area (Å²) in [4.78, 5) is 8.66. The van der Waals surface area contributed by atoms with Gasteiger partial charge in [0.15, 0.2) is 5.96 Å². The number of hydrogen-bond donors (Lipinski definition) is 2. The van der Waals surface area contributed by atoms with E-state index in [2.05, 4.69) is 39.6 Å². The van der Waals surface area contributed by atoms with E-state index in [0.29, 0.717) is 6.54 Å². The van der Waals surface area contributed by atoms with Gasteiger partial charge in [-0.25, -0.2) is 9.98 Å². The molecule has 0 saturated carbocycles. The first-order valence-electron chi connectivity index (χ1n) is 7.13. The van der Waals surface area contributed by atoms with Crippen LogP contribution in [0.1, 0.15) is 45.4 Å². The van der Waals surface area contributed by atoms with Crippen molar-refractivity contribution in [3.05, 3.63) is 12.2 Å². The Bertz CT molecular complexity index is 377. The third-order valence-electron chi connectivity index (χ3n) is 2.85. The SMILES string of the molecule is CCCCCCNC(=NCc1ncnn1C)NCC.I. The molecule has 6 nitrogen and oxygen atoms in total. The molecule has 1 heterocycles. The molecule has 0 atom stereocenters. The summed E-state index contributed by atoms with van der Waals surface area (Å²) in [6, 6.07) is 0. The quantitative estimate of drug-likeness (QED) is 0.307. The van der Waals surface area contributed by atoms with Crippen LogP contribution in [0, 0.1) is 0 Å². The Hall–Kier alpha value is -0.860. The van der Waals surface area contributed by atoms with Gasteiger partial charge >= 0.3 is 0 Å².